The molecular formula is C15H19N3O2. The standard InChI is InChI=1S/C15H19N3O2/c1-11-15(10-17-18(11)12-7-8-16-9-12)20-14-5-3-13(19-2)4-6-14/h3-6,10,12,16H,7-9H2,1-2H3. The zero-order chi connectivity index (χ0) is 13.9. The minimum Gasteiger partial charge on any atom is -0.497 e. The lowest BCUT2D eigenvalue weighted by Crippen LogP contribution is -2.15. The first kappa shape index (κ1) is 13.0. The first-order chi connectivity index (χ1) is 9.78. The molecule has 1 aromatic heterocycles. The van der Waals surface area contributed by atoms with Crippen molar-refractivity contribution in [3.8, 4) is 17.2 Å². The Morgan fingerprint density at radius 2 is 2.00 bits per heavy atom. The fraction of sp³-hybridized carbons (Fsp3) is 0.400. The van der Waals surface area contributed by atoms with E-state index in [0.717, 1.165) is 42.5 Å². The van der Waals surface area contributed by atoms with Gasteiger partial charge in [0.05, 0.1) is 25.0 Å². The Bertz CT molecular complexity index is 571. The van der Waals surface area contributed by atoms with Crippen molar-refractivity contribution in [2.24, 2.45) is 0 Å². The van der Waals surface area contributed by atoms with Crippen molar-refractivity contribution in [1.29, 1.82) is 0 Å². The second-order valence-corrected chi connectivity index (χ2v) is 4.96. The van der Waals surface area contributed by atoms with Gasteiger partial charge in [0.1, 0.15) is 11.5 Å². The van der Waals surface area contributed by atoms with Crippen molar-refractivity contribution in [1.82, 2.24) is 15.1 Å². The molecule has 1 aliphatic rings. The van der Waals surface area contributed by atoms with E-state index in [4.69, 9.17) is 9.47 Å². The molecule has 0 saturated carbocycles. The van der Waals surface area contributed by atoms with E-state index < -0.39 is 0 Å². The molecule has 3 rings (SSSR count). The Labute approximate surface area is 118 Å². The molecule has 106 valence electrons. The highest BCUT2D eigenvalue weighted by Crippen LogP contribution is 2.28. The molecule has 0 spiro atoms. The third-order valence-electron chi connectivity index (χ3n) is 3.67. The van der Waals surface area contributed by atoms with E-state index in [-0.39, 0.29) is 0 Å². The maximum Gasteiger partial charge on any atom is 0.168 e. The van der Waals surface area contributed by atoms with Crippen LogP contribution in [0.1, 0.15) is 18.2 Å². The summed E-state index contributed by atoms with van der Waals surface area (Å²) >= 11 is 0. The Balaban J connectivity index is 1.76. The van der Waals surface area contributed by atoms with Gasteiger partial charge in [0, 0.05) is 6.54 Å². The Hall–Kier alpha value is -2.01. The quantitative estimate of drug-likeness (QED) is 0.930. The van der Waals surface area contributed by atoms with Crippen molar-refractivity contribution in [2.45, 2.75) is 19.4 Å². The maximum absolute atomic E-state index is 5.89. The molecule has 1 saturated heterocycles. The molecule has 0 radical (unpaired) electrons. The lowest BCUT2D eigenvalue weighted by molar-refractivity contribution is 0.412. The molecular weight excluding hydrogens is 254 g/mol. The molecule has 1 unspecified atom stereocenters. The van der Waals surface area contributed by atoms with Crippen LogP contribution >= 0.6 is 0 Å². The minimum atomic E-state index is 0.434. The lowest BCUT2D eigenvalue weighted by Gasteiger charge is -2.12. The van der Waals surface area contributed by atoms with Crippen LogP contribution in [0.4, 0.5) is 0 Å². The van der Waals surface area contributed by atoms with E-state index in [2.05, 4.69) is 15.1 Å². The summed E-state index contributed by atoms with van der Waals surface area (Å²) in [4.78, 5) is 0. The number of nitrogens with one attached hydrogen (secondary N) is 1. The molecule has 0 aliphatic carbocycles. The number of rotatable bonds is 4. The van der Waals surface area contributed by atoms with E-state index in [1.54, 1.807) is 13.3 Å². The van der Waals surface area contributed by atoms with Gasteiger partial charge in [-0.1, -0.05) is 0 Å². The third kappa shape index (κ3) is 2.49. The fourth-order valence-electron chi connectivity index (χ4n) is 2.49. The summed E-state index contributed by atoms with van der Waals surface area (Å²) in [6.45, 7) is 4.08. The van der Waals surface area contributed by atoms with E-state index in [0.29, 0.717) is 6.04 Å². The first-order valence-corrected chi connectivity index (χ1v) is 6.84. The number of aromatic nitrogens is 2. The summed E-state index contributed by atoms with van der Waals surface area (Å²) in [5.74, 6) is 2.42. The maximum atomic E-state index is 5.89. The van der Waals surface area contributed by atoms with Crippen LogP contribution in [0.15, 0.2) is 30.5 Å². The first-order valence-electron chi connectivity index (χ1n) is 6.84. The normalized spacial score (nSPS) is 18.2. The molecule has 0 bridgehead atoms. The van der Waals surface area contributed by atoms with Crippen molar-refractivity contribution in [3.05, 3.63) is 36.2 Å². The topological polar surface area (TPSA) is 48.3 Å². The average molecular weight is 273 g/mol. The van der Waals surface area contributed by atoms with Gasteiger partial charge in [0.25, 0.3) is 0 Å². The van der Waals surface area contributed by atoms with Crippen molar-refractivity contribution >= 4 is 0 Å². The monoisotopic (exact) mass is 273 g/mol. The number of hydrogen-bond acceptors (Lipinski definition) is 4. The van der Waals surface area contributed by atoms with Crippen LogP contribution in [0.25, 0.3) is 0 Å². The SMILES string of the molecule is COc1ccc(Oc2cnn(C3CCNC3)c2C)cc1. The minimum absolute atomic E-state index is 0.434. The van der Waals surface area contributed by atoms with Crippen LogP contribution in [-0.4, -0.2) is 30.0 Å². The van der Waals surface area contributed by atoms with E-state index in [1.165, 1.54) is 0 Å². The Morgan fingerprint density at radius 3 is 2.65 bits per heavy atom. The Kier molecular flexibility index (Phi) is 3.60. The number of nitrogens with zero attached hydrogens (tertiary/aromatic N) is 2. The van der Waals surface area contributed by atoms with Crippen LogP contribution in [0.3, 0.4) is 0 Å². The molecule has 20 heavy (non-hydrogen) atoms. The molecule has 1 aliphatic heterocycles. The van der Waals surface area contributed by atoms with Gasteiger partial charge >= 0.3 is 0 Å². The average Bonchev–Trinajstić information content (AvgIpc) is 3.11. The predicted molar refractivity (Wildman–Crippen MR) is 76.6 cm³/mol. The highest BCUT2D eigenvalue weighted by molar-refractivity contribution is 5.36. The van der Waals surface area contributed by atoms with E-state index >= 15 is 0 Å². The summed E-state index contributed by atoms with van der Waals surface area (Å²) in [5.41, 5.74) is 1.06. The smallest absolute Gasteiger partial charge is 0.168 e. The van der Waals surface area contributed by atoms with Gasteiger partial charge < -0.3 is 14.8 Å². The number of benzene rings is 1. The van der Waals surface area contributed by atoms with Crippen molar-refractivity contribution in [2.75, 3.05) is 20.2 Å². The predicted octanol–water partition coefficient (Wildman–Crippen LogP) is 2.53. The molecule has 2 heterocycles. The summed E-state index contributed by atoms with van der Waals surface area (Å²) in [6.07, 6.45) is 2.91. The number of hydrogen-bond donors (Lipinski definition) is 1. The van der Waals surface area contributed by atoms with Crippen LogP contribution in [0.2, 0.25) is 0 Å². The summed E-state index contributed by atoms with van der Waals surface area (Å²) < 4.78 is 13.1. The second kappa shape index (κ2) is 5.54. The zero-order valence-electron chi connectivity index (χ0n) is 11.8. The van der Waals surface area contributed by atoms with Crippen LogP contribution in [-0.2, 0) is 0 Å². The van der Waals surface area contributed by atoms with Gasteiger partial charge in [-0.15, -0.1) is 0 Å². The molecule has 2 aromatic rings. The fourth-order valence-corrected chi connectivity index (χ4v) is 2.49. The second-order valence-electron chi connectivity index (χ2n) is 4.96. The van der Waals surface area contributed by atoms with E-state index in [1.807, 2.05) is 31.2 Å². The number of ether oxygens (including phenoxy) is 2. The van der Waals surface area contributed by atoms with Crippen molar-refractivity contribution < 1.29 is 9.47 Å². The van der Waals surface area contributed by atoms with Gasteiger partial charge in [-0.25, -0.2) is 0 Å². The van der Waals surface area contributed by atoms with Gasteiger partial charge in [-0.05, 0) is 44.2 Å². The van der Waals surface area contributed by atoms with E-state index in [9.17, 15) is 0 Å². The van der Waals surface area contributed by atoms with Crippen LogP contribution < -0.4 is 14.8 Å². The lowest BCUT2D eigenvalue weighted by atomic mass is 10.2. The van der Waals surface area contributed by atoms with Gasteiger partial charge in [-0.2, -0.15) is 5.10 Å². The van der Waals surface area contributed by atoms with Gasteiger partial charge in [-0.3, -0.25) is 4.68 Å². The largest absolute Gasteiger partial charge is 0.497 e. The summed E-state index contributed by atoms with van der Waals surface area (Å²) in [6, 6.07) is 7.99. The van der Waals surface area contributed by atoms with Crippen molar-refractivity contribution in [3.63, 3.8) is 0 Å². The highest BCUT2D eigenvalue weighted by atomic mass is 16.5. The molecule has 5 heteroatoms. The highest BCUT2D eigenvalue weighted by Gasteiger charge is 2.20. The molecule has 5 nitrogen and oxygen atoms in total. The third-order valence-corrected chi connectivity index (χ3v) is 3.67. The molecule has 0 amide bonds. The van der Waals surface area contributed by atoms with Crippen LogP contribution in [0, 0.1) is 6.92 Å². The zero-order valence-corrected chi connectivity index (χ0v) is 11.8. The molecule has 1 fully saturated rings. The molecule has 1 N–H and O–H groups in total. The summed E-state index contributed by atoms with van der Waals surface area (Å²) in [5, 5.41) is 7.81. The molecule has 1 atom stereocenters. The van der Waals surface area contributed by atoms with Gasteiger partial charge in [0.2, 0.25) is 0 Å². The summed E-state index contributed by atoms with van der Waals surface area (Å²) in [7, 11) is 1.65. The van der Waals surface area contributed by atoms with Crippen LogP contribution in [0.5, 0.6) is 17.2 Å². The molecule has 1 aromatic carbocycles. The number of methoxy groups -OCH3 is 1. The Morgan fingerprint density at radius 1 is 1.25 bits per heavy atom. The van der Waals surface area contributed by atoms with Gasteiger partial charge in [0.15, 0.2) is 5.75 Å².